The van der Waals surface area contributed by atoms with Crippen molar-refractivity contribution in [3.63, 3.8) is 0 Å². The molecule has 0 aromatic carbocycles. The van der Waals surface area contributed by atoms with Crippen LogP contribution in [0.5, 0.6) is 0 Å². The maximum absolute atomic E-state index is 12.2. The molecule has 0 rings (SSSR count). The normalized spacial score (nSPS) is 12.3. The van der Waals surface area contributed by atoms with Crippen LogP contribution in [-0.4, -0.2) is 67.0 Å². The number of rotatable bonds is 22. The summed E-state index contributed by atoms with van der Waals surface area (Å²) in [6.07, 6.45) is 15.5. The topological polar surface area (TPSA) is 145 Å². The van der Waals surface area contributed by atoms with Crippen molar-refractivity contribution in [3.05, 3.63) is 0 Å². The Bertz CT molecular complexity index is 758. The number of nitrogens with zero attached hydrogens (tertiary/aromatic N) is 1. The van der Waals surface area contributed by atoms with Crippen LogP contribution in [-0.2, 0) is 23.7 Å². The van der Waals surface area contributed by atoms with Crippen LogP contribution < -0.4 is 10.6 Å². The van der Waals surface area contributed by atoms with Gasteiger partial charge in [0.15, 0.2) is 0 Å². The lowest BCUT2D eigenvalue weighted by molar-refractivity contribution is -0.143. The lowest BCUT2D eigenvalue weighted by Gasteiger charge is -2.22. The van der Waals surface area contributed by atoms with Crippen LogP contribution >= 0.6 is 0 Å². The maximum Gasteiger partial charge on any atom is 0.414 e. The molecule has 0 fully saturated rings. The van der Waals surface area contributed by atoms with Gasteiger partial charge in [-0.05, 0) is 54.4 Å². The van der Waals surface area contributed by atoms with Gasteiger partial charge >= 0.3 is 18.2 Å². The van der Waals surface area contributed by atoms with E-state index in [-0.39, 0.29) is 25.3 Å². The number of aliphatic carboxylic acids is 1. The minimum atomic E-state index is -0.831. The van der Waals surface area contributed by atoms with Crippen LogP contribution in [0.4, 0.5) is 9.59 Å². The number of methoxy groups -OCH3 is 1. The van der Waals surface area contributed by atoms with E-state index in [1.165, 1.54) is 57.8 Å². The highest BCUT2D eigenvalue weighted by molar-refractivity contribution is 6.01. The Labute approximate surface area is 260 Å². The predicted octanol–water partition coefficient (Wildman–Crippen LogP) is 7.71. The van der Waals surface area contributed by atoms with E-state index in [1.807, 2.05) is 0 Å². The van der Waals surface area contributed by atoms with E-state index >= 15 is 0 Å². The molecule has 11 nitrogen and oxygen atoms in total. The minimum Gasteiger partial charge on any atom is -0.481 e. The number of hydrogen-bond donors (Lipinski definition) is 3. The second-order valence-corrected chi connectivity index (χ2v) is 13.0. The van der Waals surface area contributed by atoms with Crippen LogP contribution in [0.1, 0.15) is 144 Å². The number of hydrogen-bond acceptors (Lipinski definition) is 8. The van der Waals surface area contributed by atoms with Crippen molar-refractivity contribution in [2.75, 3.05) is 20.4 Å². The summed E-state index contributed by atoms with van der Waals surface area (Å²) in [7, 11) is 1.54. The highest BCUT2D eigenvalue weighted by Crippen LogP contribution is 2.15. The summed E-state index contributed by atoms with van der Waals surface area (Å²) in [6.45, 7) is 11.2. The molecule has 0 radical (unpaired) electrons. The quantitative estimate of drug-likeness (QED) is 0.0486. The van der Waals surface area contributed by atoms with Crippen molar-refractivity contribution in [1.82, 2.24) is 10.6 Å². The first-order valence-corrected chi connectivity index (χ1v) is 16.1. The number of carbonyl (C=O) groups excluding carboxylic acids is 2. The number of unbranched alkanes of at least 4 members (excludes halogenated alkanes) is 13. The fraction of sp³-hybridized carbons (Fsp3) is 0.875. The number of carbonyl (C=O) groups is 3. The molecule has 0 heterocycles. The number of alkyl carbamates (subject to hydrolysis) is 2. The Morgan fingerprint density at radius 3 is 1.44 bits per heavy atom. The number of amides is 2. The SMILES string of the molecule is COCOC(CCCCCCCCCCCCCCCCN=C(NC(=O)OC(C)(C)C)NC(=O)OC(C)(C)C)CC(=O)O. The van der Waals surface area contributed by atoms with E-state index in [9.17, 15) is 14.4 Å². The van der Waals surface area contributed by atoms with Crippen molar-refractivity contribution in [1.29, 1.82) is 0 Å². The van der Waals surface area contributed by atoms with E-state index in [4.69, 9.17) is 24.1 Å². The Balaban J connectivity index is 3.95. The smallest absolute Gasteiger partial charge is 0.414 e. The molecule has 252 valence electrons. The average Bonchev–Trinajstić information content (AvgIpc) is 2.86. The van der Waals surface area contributed by atoms with Crippen molar-refractivity contribution >= 4 is 24.1 Å². The zero-order chi connectivity index (χ0) is 32.6. The van der Waals surface area contributed by atoms with Gasteiger partial charge in [-0.1, -0.05) is 83.5 Å². The summed E-state index contributed by atoms with van der Waals surface area (Å²) in [6, 6.07) is 0. The minimum absolute atomic E-state index is 0.0282. The first-order chi connectivity index (χ1) is 20.2. The molecule has 0 aliphatic rings. The van der Waals surface area contributed by atoms with Crippen LogP contribution in [0, 0.1) is 0 Å². The molecular weight excluding hydrogens is 554 g/mol. The Hall–Kier alpha value is -2.40. The Morgan fingerprint density at radius 1 is 0.674 bits per heavy atom. The van der Waals surface area contributed by atoms with Gasteiger partial charge in [0.05, 0.1) is 12.5 Å². The number of guanidine groups is 1. The summed E-state index contributed by atoms with van der Waals surface area (Å²) in [5.74, 6) is -0.803. The molecule has 11 heteroatoms. The molecule has 0 spiro atoms. The molecule has 0 bridgehead atoms. The van der Waals surface area contributed by atoms with Gasteiger partial charge in [-0.3, -0.25) is 20.4 Å². The monoisotopic (exact) mass is 615 g/mol. The average molecular weight is 616 g/mol. The van der Waals surface area contributed by atoms with E-state index < -0.39 is 29.4 Å². The summed E-state index contributed by atoms with van der Waals surface area (Å²) in [4.78, 5) is 39.6. The summed E-state index contributed by atoms with van der Waals surface area (Å²) in [5, 5.41) is 14.0. The van der Waals surface area contributed by atoms with Gasteiger partial charge in [-0.15, -0.1) is 0 Å². The van der Waals surface area contributed by atoms with Crippen molar-refractivity contribution in [3.8, 4) is 0 Å². The zero-order valence-electron chi connectivity index (χ0n) is 28.1. The fourth-order valence-electron chi connectivity index (χ4n) is 4.31. The summed E-state index contributed by atoms with van der Waals surface area (Å²) in [5.41, 5.74) is -1.34. The lowest BCUT2D eigenvalue weighted by atomic mass is 10.0. The first kappa shape index (κ1) is 40.6. The van der Waals surface area contributed by atoms with Gasteiger partial charge in [0.1, 0.15) is 18.0 Å². The van der Waals surface area contributed by atoms with Gasteiger partial charge < -0.3 is 24.1 Å². The van der Waals surface area contributed by atoms with E-state index in [2.05, 4.69) is 15.6 Å². The summed E-state index contributed by atoms with van der Waals surface area (Å²) < 4.78 is 20.9. The molecule has 0 aromatic heterocycles. The van der Waals surface area contributed by atoms with E-state index in [0.717, 1.165) is 38.5 Å². The molecule has 0 saturated heterocycles. The van der Waals surface area contributed by atoms with Gasteiger partial charge in [0.25, 0.3) is 0 Å². The van der Waals surface area contributed by atoms with Gasteiger partial charge in [-0.2, -0.15) is 0 Å². The number of carboxylic acids is 1. The Morgan fingerprint density at radius 2 is 1.07 bits per heavy atom. The molecule has 1 atom stereocenters. The van der Waals surface area contributed by atoms with Crippen molar-refractivity contribution < 1.29 is 38.4 Å². The van der Waals surface area contributed by atoms with Crippen molar-refractivity contribution in [2.24, 2.45) is 4.99 Å². The highest BCUT2D eigenvalue weighted by Gasteiger charge is 2.21. The standard InChI is InChI=1S/C32H61N3O8/c1-31(2,3)42-29(38)34-28(35-30(39)43-32(4,5)6)33-23-21-19-17-15-13-11-9-8-10-12-14-16-18-20-22-26(24-27(36)37)41-25-40-7/h26H,8-25H2,1-7H3,(H,36,37)(H2,33,34,35,38,39). The van der Waals surface area contributed by atoms with Crippen LogP contribution in [0.25, 0.3) is 0 Å². The second kappa shape index (κ2) is 24.0. The Kier molecular flexibility index (Phi) is 22.6. The van der Waals surface area contributed by atoms with Gasteiger partial charge in [-0.25, -0.2) is 9.59 Å². The third-order valence-electron chi connectivity index (χ3n) is 6.27. The molecule has 0 saturated carbocycles. The third kappa shape index (κ3) is 29.5. The largest absolute Gasteiger partial charge is 0.481 e. The van der Waals surface area contributed by atoms with Crippen molar-refractivity contribution in [2.45, 2.75) is 162 Å². The van der Waals surface area contributed by atoms with E-state index in [1.54, 1.807) is 48.7 Å². The molecule has 0 aromatic rings. The number of carboxylic acid groups (broad SMARTS) is 1. The number of ether oxygens (including phenoxy) is 4. The number of nitrogens with one attached hydrogen (secondary N) is 2. The van der Waals surface area contributed by atoms with Crippen LogP contribution in [0.15, 0.2) is 4.99 Å². The maximum atomic E-state index is 12.2. The molecule has 0 aliphatic carbocycles. The van der Waals surface area contributed by atoms with Gasteiger partial charge in [0, 0.05) is 13.7 Å². The third-order valence-corrected chi connectivity index (χ3v) is 6.27. The molecule has 0 aliphatic heterocycles. The molecule has 43 heavy (non-hydrogen) atoms. The summed E-state index contributed by atoms with van der Waals surface area (Å²) >= 11 is 0. The highest BCUT2D eigenvalue weighted by atomic mass is 16.7. The van der Waals surface area contributed by atoms with Gasteiger partial charge in [0.2, 0.25) is 5.96 Å². The lowest BCUT2D eigenvalue weighted by Crippen LogP contribution is -2.47. The molecule has 3 N–H and O–H groups in total. The van der Waals surface area contributed by atoms with Crippen LogP contribution in [0.3, 0.4) is 0 Å². The predicted molar refractivity (Wildman–Crippen MR) is 169 cm³/mol. The molecular formula is C32H61N3O8. The second-order valence-electron chi connectivity index (χ2n) is 13.0. The first-order valence-electron chi connectivity index (χ1n) is 16.1. The fourth-order valence-corrected chi connectivity index (χ4v) is 4.31. The molecule has 1 unspecified atom stereocenters. The van der Waals surface area contributed by atoms with Crippen LogP contribution in [0.2, 0.25) is 0 Å². The zero-order valence-corrected chi connectivity index (χ0v) is 28.1. The molecule has 2 amide bonds. The number of aliphatic imine (C=N–C) groups is 1. The van der Waals surface area contributed by atoms with E-state index in [0.29, 0.717) is 6.54 Å².